The number of aromatic nitrogens is 1. The number of amides is 2. The monoisotopic (exact) mass is 382 g/mol. The molecule has 4 rings (SSSR count). The van der Waals surface area contributed by atoms with Crippen LogP contribution >= 0.6 is 0 Å². The number of nitrogens with one attached hydrogen (secondary N) is 1. The van der Waals surface area contributed by atoms with Crippen molar-refractivity contribution in [3.05, 3.63) is 46.8 Å². The summed E-state index contributed by atoms with van der Waals surface area (Å²) in [5.74, 6) is 0.951. The number of alkyl halides is 1. The van der Waals surface area contributed by atoms with E-state index in [1.54, 1.807) is 14.0 Å². The van der Waals surface area contributed by atoms with Gasteiger partial charge in [0.25, 0.3) is 0 Å². The molecule has 8 heteroatoms. The van der Waals surface area contributed by atoms with Crippen LogP contribution in [0.2, 0.25) is 0 Å². The van der Waals surface area contributed by atoms with Crippen molar-refractivity contribution < 1.29 is 9.18 Å². The predicted molar refractivity (Wildman–Crippen MR) is 106 cm³/mol. The van der Waals surface area contributed by atoms with Crippen LogP contribution in [0, 0.1) is 13.8 Å². The van der Waals surface area contributed by atoms with Crippen LogP contribution in [0.4, 0.5) is 14.9 Å². The maximum atomic E-state index is 13.9. The number of pyridine rings is 1. The van der Waals surface area contributed by atoms with E-state index >= 15 is 0 Å². The van der Waals surface area contributed by atoms with Crippen LogP contribution in [0.1, 0.15) is 24.7 Å². The minimum atomic E-state index is -0.941. The maximum Gasteiger partial charge on any atom is 0.330 e. The van der Waals surface area contributed by atoms with E-state index in [0.29, 0.717) is 36.1 Å². The molecule has 2 aliphatic heterocycles. The van der Waals surface area contributed by atoms with Crippen molar-refractivity contribution in [1.29, 1.82) is 0 Å². The first kappa shape index (κ1) is 18.3. The number of hydrogen-bond donors (Lipinski definition) is 1. The number of allylic oxidation sites excluding steroid dienone is 2. The van der Waals surface area contributed by atoms with E-state index in [0.717, 1.165) is 17.0 Å². The average molecular weight is 382 g/mol. The number of guanidine groups is 2. The molecule has 0 spiro atoms. The Hall–Kier alpha value is -3.03. The highest BCUT2D eigenvalue weighted by molar-refractivity contribution is 6.16. The summed E-state index contributed by atoms with van der Waals surface area (Å²) < 4.78 is 13.9. The number of aliphatic imine (C=N–C) groups is 2. The first-order valence-electron chi connectivity index (χ1n) is 9.29. The van der Waals surface area contributed by atoms with Crippen molar-refractivity contribution in [3.63, 3.8) is 0 Å². The minimum Gasteiger partial charge on any atom is -0.277 e. The Labute approximate surface area is 163 Å². The molecule has 146 valence electrons. The first-order valence-corrected chi connectivity index (χ1v) is 9.29. The van der Waals surface area contributed by atoms with E-state index < -0.39 is 6.17 Å². The third-order valence-corrected chi connectivity index (χ3v) is 5.24. The molecule has 0 saturated carbocycles. The lowest BCUT2D eigenvalue weighted by atomic mass is 9.94. The Morgan fingerprint density at radius 1 is 1.29 bits per heavy atom. The third kappa shape index (κ3) is 3.08. The second kappa shape index (κ2) is 6.85. The zero-order valence-corrected chi connectivity index (χ0v) is 16.4. The number of aryl methyl sites for hydroxylation is 2. The number of fused-ring (bicyclic) bond motifs is 1. The number of carbonyl (C=O) groups is 1. The molecule has 3 heterocycles. The Morgan fingerprint density at radius 3 is 2.79 bits per heavy atom. The summed E-state index contributed by atoms with van der Waals surface area (Å²) in [6.45, 7) is 6.09. The van der Waals surface area contributed by atoms with E-state index in [9.17, 15) is 9.18 Å². The van der Waals surface area contributed by atoms with E-state index in [-0.39, 0.29) is 12.1 Å². The summed E-state index contributed by atoms with van der Waals surface area (Å²) in [5.41, 5.74) is 4.06. The Morgan fingerprint density at radius 2 is 2.07 bits per heavy atom. The van der Waals surface area contributed by atoms with Crippen molar-refractivity contribution in [2.75, 3.05) is 13.6 Å². The van der Waals surface area contributed by atoms with Gasteiger partial charge in [0.15, 0.2) is 0 Å². The lowest BCUT2D eigenvalue weighted by Crippen LogP contribution is -2.63. The van der Waals surface area contributed by atoms with Gasteiger partial charge in [0, 0.05) is 19.2 Å². The van der Waals surface area contributed by atoms with E-state index in [2.05, 4.69) is 20.3 Å². The SMILES string of the molecule is CC1=CC(C2CN=C3N(C)C(=O)NC(=Nc4ccc(C)nc4C)N32)=CCC1F. The van der Waals surface area contributed by atoms with Gasteiger partial charge in [0.05, 0.1) is 24.0 Å². The highest BCUT2D eigenvalue weighted by atomic mass is 19.1. The molecule has 1 saturated heterocycles. The Kier molecular flexibility index (Phi) is 4.49. The van der Waals surface area contributed by atoms with Crippen LogP contribution < -0.4 is 5.32 Å². The summed E-state index contributed by atoms with van der Waals surface area (Å²) in [4.78, 5) is 29.5. The van der Waals surface area contributed by atoms with Crippen LogP contribution in [-0.4, -0.2) is 58.5 Å². The number of urea groups is 1. The molecule has 1 fully saturated rings. The zero-order chi connectivity index (χ0) is 20.0. The van der Waals surface area contributed by atoms with Gasteiger partial charge >= 0.3 is 6.03 Å². The van der Waals surface area contributed by atoms with Crippen molar-refractivity contribution >= 4 is 23.6 Å². The number of halogens is 1. The van der Waals surface area contributed by atoms with E-state index in [1.165, 1.54) is 4.90 Å². The van der Waals surface area contributed by atoms with Gasteiger partial charge in [-0.05, 0) is 44.1 Å². The van der Waals surface area contributed by atoms with Crippen LogP contribution in [0.15, 0.2) is 45.4 Å². The molecule has 1 aromatic heterocycles. The largest absolute Gasteiger partial charge is 0.330 e. The van der Waals surface area contributed by atoms with Gasteiger partial charge < -0.3 is 0 Å². The van der Waals surface area contributed by atoms with Crippen LogP contribution in [0.25, 0.3) is 0 Å². The molecular weight excluding hydrogens is 359 g/mol. The quantitative estimate of drug-likeness (QED) is 0.855. The lowest BCUT2D eigenvalue weighted by molar-refractivity contribution is 0.223. The average Bonchev–Trinajstić information content (AvgIpc) is 3.09. The fourth-order valence-corrected chi connectivity index (χ4v) is 3.62. The second-order valence-corrected chi connectivity index (χ2v) is 7.30. The highest BCUT2D eigenvalue weighted by Crippen LogP contribution is 2.30. The second-order valence-electron chi connectivity index (χ2n) is 7.30. The molecule has 3 aliphatic rings. The molecule has 2 atom stereocenters. The van der Waals surface area contributed by atoms with Gasteiger partial charge in [-0.2, -0.15) is 0 Å². The van der Waals surface area contributed by atoms with E-state index in [1.807, 2.05) is 43.0 Å². The summed E-state index contributed by atoms with van der Waals surface area (Å²) in [6, 6.07) is 3.34. The normalized spacial score (nSPS) is 26.0. The first-order chi connectivity index (χ1) is 13.3. The van der Waals surface area contributed by atoms with Gasteiger partial charge in [-0.3, -0.25) is 20.1 Å². The number of rotatable bonds is 2. The van der Waals surface area contributed by atoms with Gasteiger partial charge in [0.1, 0.15) is 6.17 Å². The van der Waals surface area contributed by atoms with Gasteiger partial charge in [-0.15, -0.1) is 0 Å². The molecular formula is C20H23FN6O. The van der Waals surface area contributed by atoms with Crippen LogP contribution in [0.3, 0.4) is 0 Å². The Bertz CT molecular complexity index is 963. The number of carbonyl (C=O) groups excluding carboxylic acids is 1. The fraction of sp³-hybridized carbons (Fsp3) is 0.400. The smallest absolute Gasteiger partial charge is 0.277 e. The molecule has 1 aromatic rings. The van der Waals surface area contributed by atoms with E-state index in [4.69, 9.17) is 0 Å². The number of hydrogen-bond acceptors (Lipinski definition) is 4. The van der Waals surface area contributed by atoms with Gasteiger partial charge in [-0.25, -0.2) is 19.2 Å². The van der Waals surface area contributed by atoms with Crippen molar-refractivity contribution in [2.45, 2.75) is 39.4 Å². The minimum absolute atomic E-state index is 0.141. The molecule has 1 N–H and O–H groups in total. The summed E-state index contributed by atoms with van der Waals surface area (Å²) >= 11 is 0. The highest BCUT2D eigenvalue weighted by Gasteiger charge is 2.42. The lowest BCUT2D eigenvalue weighted by Gasteiger charge is -2.37. The predicted octanol–water partition coefficient (Wildman–Crippen LogP) is 3.00. The standard InChI is InChI=1S/C20H23FN6O/c1-11-9-14(6-7-15(11)21)17-10-22-19-26(4)20(28)25-18(27(17)19)24-16-8-5-12(2)23-13(16)3/h5-6,8-9,15,17H,7,10H2,1-4H3,(H,24,25,28). The topological polar surface area (TPSA) is 73.2 Å². The fourth-order valence-electron chi connectivity index (χ4n) is 3.62. The molecule has 7 nitrogen and oxygen atoms in total. The Balaban J connectivity index is 1.74. The molecule has 0 radical (unpaired) electrons. The van der Waals surface area contributed by atoms with Crippen molar-refractivity contribution in [2.24, 2.45) is 9.98 Å². The zero-order valence-electron chi connectivity index (χ0n) is 16.4. The van der Waals surface area contributed by atoms with Crippen LogP contribution in [0.5, 0.6) is 0 Å². The third-order valence-electron chi connectivity index (χ3n) is 5.24. The van der Waals surface area contributed by atoms with Crippen LogP contribution in [-0.2, 0) is 0 Å². The summed E-state index contributed by atoms with van der Waals surface area (Å²) in [5, 5.41) is 2.85. The maximum absolute atomic E-state index is 13.9. The van der Waals surface area contributed by atoms with Crippen molar-refractivity contribution in [1.82, 2.24) is 20.1 Å². The van der Waals surface area contributed by atoms with Gasteiger partial charge in [0.2, 0.25) is 11.9 Å². The molecule has 0 bridgehead atoms. The summed E-state index contributed by atoms with van der Waals surface area (Å²) in [6.07, 6.45) is 3.20. The molecule has 0 aromatic carbocycles. The van der Waals surface area contributed by atoms with Crippen molar-refractivity contribution in [3.8, 4) is 0 Å². The molecule has 1 aliphatic carbocycles. The molecule has 2 unspecified atom stereocenters. The summed E-state index contributed by atoms with van der Waals surface area (Å²) in [7, 11) is 1.67. The molecule has 2 amide bonds. The van der Waals surface area contributed by atoms with Gasteiger partial charge in [-0.1, -0.05) is 12.2 Å². The molecule has 28 heavy (non-hydrogen) atoms. The number of nitrogens with zero attached hydrogens (tertiary/aromatic N) is 5.